The quantitative estimate of drug-likeness (QED) is 0.538. The standard InChI is InChI=1S/C20H34N2/c1-9-19(21)18(7)17(6)16(5)15(4)14(3)12-11-13-20(8,22)10-2/h19H,3-7,9-13,21-22H2,1-2,8H3. The maximum Gasteiger partial charge on any atom is 0.0292 e. The summed E-state index contributed by atoms with van der Waals surface area (Å²) in [5.41, 5.74) is 16.3. The lowest BCUT2D eigenvalue weighted by atomic mass is 9.86. The lowest BCUT2D eigenvalue weighted by Crippen LogP contribution is -2.34. The van der Waals surface area contributed by atoms with Crippen molar-refractivity contribution in [3.05, 3.63) is 60.8 Å². The van der Waals surface area contributed by atoms with Crippen LogP contribution < -0.4 is 11.5 Å². The van der Waals surface area contributed by atoms with Crippen LogP contribution in [0.15, 0.2) is 60.8 Å². The molecule has 0 rings (SSSR count). The molecule has 0 aromatic heterocycles. The zero-order valence-corrected chi connectivity index (χ0v) is 14.8. The second-order valence-corrected chi connectivity index (χ2v) is 6.44. The molecule has 2 unspecified atom stereocenters. The predicted molar refractivity (Wildman–Crippen MR) is 101 cm³/mol. The molecule has 0 aromatic rings. The molecule has 0 saturated carbocycles. The molecule has 124 valence electrons. The molecule has 0 aliphatic carbocycles. The molecule has 22 heavy (non-hydrogen) atoms. The molecule has 0 spiro atoms. The highest BCUT2D eigenvalue weighted by molar-refractivity contribution is 5.58. The number of hydrogen-bond acceptors (Lipinski definition) is 2. The zero-order valence-electron chi connectivity index (χ0n) is 14.8. The van der Waals surface area contributed by atoms with Gasteiger partial charge >= 0.3 is 0 Å². The van der Waals surface area contributed by atoms with E-state index < -0.39 is 0 Å². The van der Waals surface area contributed by atoms with Crippen LogP contribution in [0.1, 0.15) is 52.9 Å². The first-order chi connectivity index (χ1) is 10.1. The van der Waals surface area contributed by atoms with Crippen LogP contribution in [0.25, 0.3) is 0 Å². The second-order valence-electron chi connectivity index (χ2n) is 6.44. The first-order valence-electron chi connectivity index (χ1n) is 8.06. The maximum absolute atomic E-state index is 6.17. The molecule has 0 bridgehead atoms. The van der Waals surface area contributed by atoms with Gasteiger partial charge in [-0.05, 0) is 66.9 Å². The van der Waals surface area contributed by atoms with Gasteiger partial charge in [0.25, 0.3) is 0 Å². The average Bonchev–Trinajstić information content (AvgIpc) is 2.50. The topological polar surface area (TPSA) is 52.0 Å². The highest BCUT2D eigenvalue weighted by atomic mass is 14.7. The van der Waals surface area contributed by atoms with Gasteiger partial charge in [-0.2, -0.15) is 0 Å². The third-order valence-corrected chi connectivity index (χ3v) is 4.46. The molecular formula is C20H34N2. The Bertz CT molecular complexity index is 466. The third kappa shape index (κ3) is 6.17. The van der Waals surface area contributed by atoms with E-state index in [1.165, 1.54) is 0 Å². The van der Waals surface area contributed by atoms with Crippen molar-refractivity contribution in [2.45, 2.75) is 64.5 Å². The minimum Gasteiger partial charge on any atom is -0.325 e. The van der Waals surface area contributed by atoms with E-state index >= 15 is 0 Å². The normalized spacial score (nSPS) is 14.8. The molecule has 0 fully saturated rings. The summed E-state index contributed by atoms with van der Waals surface area (Å²) in [7, 11) is 0. The van der Waals surface area contributed by atoms with E-state index in [-0.39, 0.29) is 11.6 Å². The Kier molecular flexibility index (Phi) is 8.36. The Hall–Kier alpha value is -1.38. The molecule has 0 heterocycles. The Morgan fingerprint density at radius 2 is 1.55 bits per heavy atom. The molecule has 0 radical (unpaired) electrons. The van der Waals surface area contributed by atoms with Crippen LogP contribution in [0.2, 0.25) is 0 Å². The largest absolute Gasteiger partial charge is 0.325 e. The Balaban J connectivity index is 4.57. The highest BCUT2D eigenvalue weighted by Crippen LogP contribution is 2.29. The van der Waals surface area contributed by atoms with Crippen LogP contribution in [-0.4, -0.2) is 11.6 Å². The minimum absolute atomic E-state index is 0.0900. The van der Waals surface area contributed by atoms with E-state index in [9.17, 15) is 0 Å². The van der Waals surface area contributed by atoms with Crippen LogP contribution in [0.3, 0.4) is 0 Å². The lowest BCUT2D eigenvalue weighted by Gasteiger charge is -2.23. The summed E-state index contributed by atoms with van der Waals surface area (Å²) in [6.45, 7) is 26.6. The fourth-order valence-corrected chi connectivity index (χ4v) is 2.09. The van der Waals surface area contributed by atoms with Crippen molar-refractivity contribution in [1.82, 2.24) is 0 Å². The van der Waals surface area contributed by atoms with Crippen molar-refractivity contribution in [2.24, 2.45) is 11.5 Å². The molecule has 2 heteroatoms. The first-order valence-corrected chi connectivity index (χ1v) is 8.06. The van der Waals surface area contributed by atoms with Gasteiger partial charge in [-0.25, -0.2) is 0 Å². The van der Waals surface area contributed by atoms with Gasteiger partial charge in [0.1, 0.15) is 0 Å². The van der Waals surface area contributed by atoms with Crippen molar-refractivity contribution in [3.63, 3.8) is 0 Å². The lowest BCUT2D eigenvalue weighted by molar-refractivity contribution is 0.406. The van der Waals surface area contributed by atoms with Gasteiger partial charge in [0, 0.05) is 11.6 Å². The summed E-state index contributed by atoms with van der Waals surface area (Å²) < 4.78 is 0. The predicted octanol–water partition coefficient (Wildman–Crippen LogP) is 4.80. The van der Waals surface area contributed by atoms with Crippen molar-refractivity contribution < 1.29 is 0 Å². The molecule has 0 aliphatic rings. The monoisotopic (exact) mass is 302 g/mol. The Labute approximate surface area is 137 Å². The molecule has 0 amide bonds. The van der Waals surface area contributed by atoms with Gasteiger partial charge in [-0.15, -0.1) is 0 Å². The van der Waals surface area contributed by atoms with Crippen molar-refractivity contribution in [1.29, 1.82) is 0 Å². The summed E-state index contributed by atoms with van der Waals surface area (Å²) >= 11 is 0. The minimum atomic E-state index is -0.107. The Morgan fingerprint density at radius 3 is 2.00 bits per heavy atom. The highest BCUT2D eigenvalue weighted by Gasteiger charge is 2.17. The van der Waals surface area contributed by atoms with E-state index in [4.69, 9.17) is 11.5 Å². The maximum atomic E-state index is 6.17. The fraction of sp³-hybridized carbons (Fsp3) is 0.500. The second kappa shape index (κ2) is 8.92. The van der Waals surface area contributed by atoms with Gasteiger partial charge < -0.3 is 11.5 Å². The number of hydrogen-bond donors (Lipinski definition) is 2. The van der Waals surface area contributed by atoms with Gasteiger partial charge in [0.15, 0.2) is 0 Å². The van der Waals surface area contributed by atoms with Crippen LogP contribution in [0.4, 0.5) is 0 Å². The molecule has 4 N–H and O–H groups in total. The Morgan fingerprint density at radius 1 is 1.00 bits per heavy atom. The third-order valence-electron chi connectivity index (χ3n) is 4.46. The van der Waals surface area contributed by atoms with Gasteiger partial charge in [-0.1, -0.05) is 46.7 Å². The van der Waals surface area contributed by atoms with E-state index in [0.717, 1.165) is 60.0 Å². The van der Waals surface area contributed by atoms with E-state index in [2.05, 4.69) is 46.7 Å². The summed E-state index contributed by atoms with van der Waals surface area (Å²) in [6.07, 6.45) is 4.62. The smallest absolute Gasteiger partial charge is 0.0292 e. The van der Waals surface area contributed by atoms with Crippen molar-refractivity contribution >= 4 is 0 Å². The molecule has 2 nitrogen and oxygen atoms in total. The van der Waals surface area contributed by atoms with Gasteiger partial charge in [0.2, 0.25) is 0 Å². The van der Waals surface area contributed by atoms with E-state index in [1.807, 2.05) is 6.92 Å². The molecular weight excluding hydrogens is 268 g/mol. The van der Waals surface area contributed by atoms with Crippen molar-refractivity contribution in [3.8, 4) is 0 Å². The zero-order chi connectivity index (χ0) is 17.5. The van der Waals surface area contributed by atoms with Crippen LogP contribution in [0, 0.1) is 0 Å². The molecule has 0 saturated heterocycles. The number of allylic oxidation sites excluding steroid dienone is 3. The first kappa shape index (κ1) is 20.6. The summed E-state index contributed by atoms with van der Waals surface area (Å²) in [4.78, 5) is 0. The van der Waals surface area contributed by atoms with Gasteiger partial charge in [-0.3, -0.25) is 0 Å². The summed E-state index contributed by atoms with van der Waals surface area (Å²) in [5.74, 6) is 0. The van der Waals surface area contributed by atoms with E-state index in [0.29, 0.717) is 0 Å². The van der Waals surface area contributed by atoms with Crippen molar-refractivity contribution in [2.75, 3.05) is 0 Å². The fourth-order valence-electron chi connectivity index (χ4n) is 2.09. The van der Waals surface area contributed by atoms with Gasteiger partial charge in [0.05, 0.1) is 0 Å². The van der Waals surface area contributed by atoms with E-state index in [1.54, 1.807) is 0 Å². The molecule has 0 aromatic carbocycles. The summed E-state index contributed by atoms with van der Waals surface area (Å²) in [6, 6.07) is -0.0900. The average molecular weight is 303 g/mol. The van der Waals surface area contributed by atoms with Crippen LogP contribution >= 0.6 is 0 Å². The molecule has 2 atom stereocenters. The summed E-state index contributed by atoms with van der Waals surface area (Å²) in [5, 5.41) is 0. The number of nitrogens with two attached hydrogens (primary N) is 2. The molecule has 0 aliphatic heterocycles. The number of rotatable bonds is 11. The van der Waals surface area contributed by atoms with Crippen LogP contribution in [-0.2, 0) is 0 Å². The van der Waals surface area contributed by atoms with Crippen LogP contribution in [0.5, 0.6) is 0 Å². The SMILES string of the molecule is C=C(CCCC(C)(N)CC)C(=C)C(=C)C(=C)C(=C)C(N)CC.